The summed E-state index contributed by atoms with van der Waals surface area (Å²) in [5, 5.41) is 3.70. The third kappa shape index (κ3) is 3.81. The minimum absolute atomic E-state index is 0.675. The average Bonchev–Trinajstić information content (AvgIpc) is 2.39. The van der Waals surface area contributed by atoms with E-state index in [0.717, 1.165) is 5.75 Å². The number of thioether (sulfide) groups is 1. The van der Waals surface area contributed by atoms with Gasteiger partial charge < -0.3 is 5.32 Å². The van der Waals surface area contributed by atoms with E-state index in [1.54, 1.807) is 0 Å². The minimum atomic E-state index is 0.675. The molecule has 1 aromatic carbocycles. The summed E-state index contributed by atoms with van der Waals surface area (Å²) in [6.07, 6.45) is 8.76. The molecule has 0 amide bonds. The van der Waals surface area contributed by atoms with Crippen LogP contribution in [0.2, 0.25) is 0 Å². The van der Waals surface area contributed by atoms with E-state index in [1.165, 1.54) is 42.7 Å². The van der Waals surface area contributed by atoms with Crippen molar-refractivity contribution in [3.63, 3.8) is 0 Å². The van der Waals surface area contributed by atoms with Crippen LogP contribution in [0, 0.1) is 0 Å². The van der Waals surface area contributed by atoms with Gasteiger partial charge in [0.15, 0.2) is 0 Å². The fraction of sp³-hybridized carbons (Fsp3) is 0.467. The normalized spacial score (nSPS) is 16.7. The van der Waals surface area contributed by atoms with Crippen molar-refractivity contribution in [3.05, 3.63) is 36.9 Å². The zero-order chi connectivity index (χ0) is 11.9. The molecule has 1 aliphatic carbocycles. The maximum atomic E-state index is 3.78. The molecule has 1 aliphatic rings. The van der Waals surface area contributed by atoms with Gasteiger partial charge in [-0.1, -0.05) is 37.5 Å². The molecule has 0 aliphatic heterocycles. The summed E-state index contributed by atoms with van der Waals surface area (Å²) in [6, 6.07) is 9.29. The van der Waals surface area contributed by atoms with Crippen LogP contribution >= 0.6 is 11.8 Å². The summed E-state index contributed by atoms with van der Waals surface area (Å²) < 4.78 is 0. The van der Waals surface area contributed by atoms with E-state index < -0.39 is 0 Å². The lowest BCUT2D eigenvalue weighted by Gasteiger charge is -2.25. The highest BCUT2D eigenvalue weighted by molar-refractivity contribution is 7.99. The van der Waals surface area contributed by atoms with E-state index in [0.29, 0.717) is 6.04 Å². The molecule has 1 nitrogen and oxygen atoms in total. The number of benzene rings is 1. The van der Waals surface area contributed by atoms with Crippen LogP contribution in [-0.2, 0) is 0 Å². The van der Waals surface area contributed by atoms with Crippen LogP contribution in [0.3, 0.4) is 0 Å². The third-order valence-electron chi connectivity index (χ3n) is 3.21. The van der Waals surface area contributed by atoms with Gasteiger partial charge in [0.2, 0.25) is 0 Å². The van der Waals surface area contributed by atoms with E-state index in [2.05, 4.69) is 36.2 Å². The summed E-state index contributed by atoms with van der Waals surface area (Å²) in [5.41, 5.74) is 1.30. The Bertz CT molecular complexity index is 356. The molecule has 1 aromatic rings. The number of hydrogen-bond acceptors (Lipinski definition) is 2. The van der Waals surface area contributed by atoms with Gasteiger partial charge in [0, 0.05) is 22.4 Å². The lowest BCUT2D eigenvalue weighted by Crippen LogP contribution is -2.22. The molecule has 1 N–H and O–H groups in total. The summed E-state index contributed by atoms with van der Waals surface area (Å²) >= 11 is 1.86. The van der Waals surface area contributed by atoms with Crippen LogP contribution in [0.15, 0.2) is 41.8 Å². The number of anilines is 1. The minimum Gasteiger partial charge on any atom is -0.381 e. The van der Waals surface area contributed by atoms with E-state index in [9.17, 15) is 0 Å². The van der Waals surface area contributed by atoms with Crippen LogP contribution < -0.4 is 5.32 Å². The van der Waals surface area contributed by atoms with Gasteiger partial charge >= 0.3 is 0 Å². The molecule has 92 valence electrons. The predicted octanol–water partition coefficient (Wildman–Crippen LogP) is 4.71. The molecule has 0 radical (unpaired) electrons. The van der Waals surface area contributed by atoms with Gasteiger partial charge in [-0.2, -0.15) is 0 Å². The van der Waals surface area contributed by atoms with Crippen molar-refractivity contribution in [1.29, 1.82) is 0 Å². The lowest BCUT2D eigenvalue weighted by molar-refractivity contribution is 0.462. The van der Waals surface area contributed by atoms with Gasteiger partial charge in [-0.25, -0.2) is 0 Å². The van der Waals surface area contributed by atoms with Crippen LogP contribution in [0.5, 0.6) is 0 Å². The largest absolute Gasteiger partial charge is 0.381 e. The Morgan fingerprint density at radius 2 is 2.00 bits per heavy atom. The van der Waals surface area contributed by atoms with Crippen LogP contribution in [0.25, 0.3) is 0 Å². The second-order valence-electron chi connectivity index (χ2n) is 4.58. The second kappa shape index (κ2) is 6.75. The molecule has 0 spiro atoms. The SMILES string of the molecule is C=CCSc1ccccc1NC1CCCCC1. The van der Waals surface area contributed by atoms with Crippen molar-refractivity contribution in [2.24, 2.45) is 0 Å². The first kappa shape index (κ1) is 12.6. The van der Waals surface area contributed by atoms with Gasteiger partial charge in [0.1, 0.15) is 0 Å². The third-order valence-corrected chi connectivity index (χ3v) is 4.28. The Hall–Kier alpha value is -0.890. The number of nitrogens with one attached hydrogen (secondary N) is 1. The molecular formula is C15H21NS. The molecule has 0 heterocycles. The highest BCUT2D eigenvalue weighted by Gasteiger charge is 2.14. The Morgan fingerprint density at radius 1 is 1.24 bits per heavy atom. The Kier molecular flexibility index (Phi) is 4.99. The molecule has 2 heteroatoms. The summed E-state index contributed by atoms with van der Waals surface area (Å²) in [7, 11) is 0. The first-order valence-electron chi connectivity index (χ1n) is 6.49. The van der Waals surface area contributed by atoms with E-state index >= 15 is 0 Å². The van der Waals surface area contributed by atoms with Crippen molar-refractivity contribution >= 4 is 17.4 Å². The van der Waals surface area contributed by atoms with Crippen LogP contribution in [0.4, 0.5) is 5.69 Å². The summed E-state index contributed by atoms with van der Waals surface area (Å²) in [6.45, 7) is 3.78. The van der Waals surface area contributed by atoms with Crippen LogP contribution in [0.1, 0.15) is 32.1 Å². The highest BCUT2D eigenvalue weighted by atomic mass is 32.2. The zero-order valence-corrected chi connectivity index (χ0v) is 11.1. The Balaban J connectivity index is 2.00. The lowest BCUT2D eigenvalue weighted by atomic mass is 9.95. The Labute approximate surface area is 109 Å². The molecule has 17 heavy (non-hydrogen) atoms. The van der Waals surface area contributed by atoms with E-state index in [1.807, 2.05) is 17.8 Å². The molecule has 0 unspecified atom stereocenters. The smallest absolute Gasteiger partial charge is 0.0480 e. The topological polar surface area (TPSA) is 12.0 Å². The number of hydrogen-bond donors (Lipinski definition) is 1. The van der Waals surface area contributed by atoms with Gasteiger partial charge in [-0.05, 0) is 25.0 Å². The second-order valence-corrected chi connectivity index (χ2v) is 5.64. The first-order valence-corrected chi connectivity index (χ1v) is 7.48. The molecule has 0 saturated heterocycles. The summed E-state index contributed by atoms with van der Waals surface area (Å²) in [5.74, 6) is 0.976. The highest BCUT2D eigenvalue weighted by Crippen LogP contribution is 2.29. The standard InChI is InChI=1S/C15H21NS/c1-2-12-17-15-11-7-6-10-14(15)16-13-8-4-3-5-9-13/h2,6-7,10-11,13,16H,1,3-5,8-9,12H2. The van der Waals surface area contributed by atoms with E-state index in [-0.39, 0.29) is 0 Å². The molecular weight excluding hydrogens is 226 g/mol. The van der Waals surface area contributed by atoms with Crippen molar-refractivity contribution in [2.45, 2.75) is 43.0 Å². The fourth-order valence-electron chi connectivity index (χ4n) is 2.33. The fourth-order valence-corrected chi connectivity index (χ4v) is 3.08. The van der Waals surface area contributed by atoms with Crippen molar-refractivity contribution < 1.29 is 0 Å². The first-order chi connectivity index (χ1) is 8.40. The molecule has 0 aromatic heterocycles. The van der Waals surface area contributed by atoms with Crippen molar-refractivity contribution in [2.75, 3.05) is 11.1 Å². The van der Waals surface area contributed by atoms with E-state index in [4.69, 9.17) is 0 Å². The monoisotopic (exact) mass is 247 g/mol. The van der Waals surface area contributed by atoms with Crippen molar-refractivity contribution in [3.8, 4) is 0 Å². The van der Waals surface area contributed by atoms with Gasteiger partial charge in [0.25, 0.3) is 0 Å². The molecule has 1 fully saturated rings. The zero-order valence-electron chi connectivity index (χ0n) is 10.3. The predicted molar refractivity (Wildman–Crippen MR) is 77.9 cm³/mol. The van der Waals surface area contributed by atoms with Crippen molar-refractivity contribution in [1.82, 2.24) is 0 Å². The maximum Gasteiger partial charge on any atom is 0.0480 e. The van der Waals surface area contributed by atoms with Gasteiger partial charge in [0.05, 0.1) is 0 Å². The Morgan fingerprint density at radius 3 is 2.76 bits per heavy atom. The molecule has 0 bridgehead atoms. The van der Waals surface area contributed by atoms with Crippen LogP contribution in [-0.4, -0.2) is 11.8 Å². The molecule has 2 rings (SSSR count). The average molecular weight is 247 g/mol. The summed E-state index contributed by atoms with van der Waals surface area (Å²) in [4.78, 5) is 1.35. The maximum absolute atomic E-state index is 3.78. The quantitative estimate of drug-likeness (QED) is 0.597. The number of rotatable bonds is 5. The van der Waals surface area contributed by atoms with Gasteiger partial charge in [-0.3, -0.25) is 0 Å². The number of para-hydroxylation sites is 1. The van der Waals surface area contributed by atoms with Gasteiger partial charge in [-0.15, -0.1) is 18.3 Å². The molecule has 0 atom stereocenters. The molecule has 1 saturated carbocycles.